The molecule has 0 atom stereocenters. The van der Waals surface area contributed by atoms with Crippen molar-refractivity contribution < 1.29 is 22.7 Å². The fraction of sp³-hybridized carbons (Fsp3) is 0.316. The molecule has 0 aliphatic heterocycles. The molecule has 0 bridgehead atoms. The van der Waals surface area contributed by atoms with Crippen molar-refractivity contribution >= 4 is 21.6 Å². The van der Waals surface area contributed by atoms with E-state index < -0.39 is 15.9 Å². The van der Waals surface area contributed by atoms with Gasteiger partial charge in [0.05, 0.1) is 19.4 Å². The Morgan fingerprint density at radius 2 is 1.81 bits per heavy atom. The summed E-state index contributed by atoms with van der Waals surface area (Å²) in [6.07, 6.45) is 0. The minimum Gasteiger partial charge on any atom is -0.495 e. The van der Waals surface area contributed by atoms with Crippen molar-refractivity contribution in [1.82, 2.24) is 5.32 Å². The standard InChI is InChI=1S/C19H24N2O5S/c1-15-9-10-17(26-3)18(13-15)27(23,24)21(16-7-5-4-6-8-16)14-19(22)20-11-12-25-2/h4-10,13H,11-12,14H2,1-3H3,(H,20,22). The lowest BCUT2D eigenvalue weighted by molar-refractivity contribution is -0.119. The highest BCUT2D eigenvalue weighted by atomic mass is 32.2. The van der Waals surface area contributed by atoms with Crippen LogP contribution in [-0.4, -0.2) is 48.2 Å². The average Bonchev–Trinajstić information content (AvgIpc) is 2.67. The van der Waals surface area contributed by atoms with Crippen molar-refractivity contribution in [2.75, 3.05) is 38.2 Å². The van der Waals surface area contributed by atoms with Crippen molar-refractivity contribution in [2.45, 2.75) is 11.8 Å². The normalized spacial score (nSPS) is 11.1. The van der Waals surface area contributed by atoms with Crippen LogP contribution in [0.4, 0.5) is 5.69 Å². The number of anilines is 1. The van der Waals surface area contributed by atoms with Crippen molar-refractivity contribution in [3.05, 3.63) is 54.1 Å². The van der Waals surface area contributed by atoms with Gasteiger partial charge in [-0.05, 0) is 36.8 Å². The number of benzene rings is 2. The number of hydrogen-bond donors (Lipinski definition) is 1. The monoisotopic (exact) mass is 392 g/mol. The van der Waals surface area contributed by atoms with Crippen LogP contribution in [0, 0.1) is 6.92 Å². The summed E-state index contributed by atoms with van der Waals surface area (Å²) in [4.78, 5) is 12.3. The van der Waals surface area contributed by atoms with Crippen molar-refractivity contribution in [1.29, 1.82) is 0 Å². The van der Waals surface area contributed by atoms with E-state index in [0.717, 1.165) is 9.87 Å². The van der Waals surface area contributed by atoms with E-state index in [9.17, 15) is 13.2 Å². The van der Waals surface area contributed by atoms with Crippen LogP contribution >= 0.6 is 0 Å². The van der Waals surface area contributed by atoms with Crippen molar-refractivity contribution in [3.8, 4) is 5.75 Å². The Morgan fingerprint density at radius 1 is 1.11 bits per heavy atom. The Balaban J connectivity index is 2.43. The molecule has 2 aromatic carbocycles. The van der Waals surface area contributed by atoms with Gasteiger partial charge in [0.1, 0.15) is 17.2 Å². The Bertz CT molecular complexity index is 869. The molecule has 1 amide bonds. The summed E-state index contributed by atoms with van der Waals surface area (Å²) in [7, 11) is -1.09. The molecule has 0 aliphatic rings. The Hall–Kier alpha value is -2.58. The van der Waals surface area contributed by atoms with Gasteiger partial charge in [-0.2, -0.15) is 0 Å². The smallest absolute Gasteiger partial charge is 0.268 e. The number of rotatable bonds is 9. The molecule has 0 unspecified atom stereocenters. The lowest BCUT2D eigenvalue weighted by Crippen LogP contribution is -2.41. The Kier molecular flexibility index (Phi) is 7.20. The van der Waals surface area contributed by atoms with E-state index in [4.69, 9.17) is 9.47 Å². The highest BCUT2D eigenvalue weighted by Crippen LogP contribution is 2.30. The van der Waals surface area contributed by atoms with Crippen molar-refractivity contribution in [2.24, 2.45) is 0 Å². The van der Waals surface area contributed by atoms with Gasteiger partial charge in [-0.3, -0.25) is 9.10 Å². The van der Waals surface area contributed by atoms with Gasteiger partial charge >= 0.3 is 0 Å². The second kappa shape index (κ2) is 9.38. The second-order valence-corrected chi connectivity index (χ2v) is 7.68. The molecular formula is C19H24N2O5S. The third-order valence-electron chi connectivity index (χ3n) is 3.85. The SMILES string of the molecule is COCCNC(=O)CN(c1ccccc1)S(=O)(=O)c1cc(C)ccc1OC. The molecule has 27 heavy (non-hydrogen) atoms. The number of aryl methyl sites for hydroxylation is 1. The van der Waals surface area contributed by atoms with E-state index in [1.165, 1.54) is 20.3 Å². The largest absolute Gasteiger partial charge is 0.495 e. The van der Waals surface area contributed by atoms with E-state index in [1.807, 2.05) is 0 Å². The fourth-order valence-corrected chi connectivity index (χ4v) is 4.16. The number of nitrogens with one attached hydrogen (secondary N) is 1. The lowest BCUT2D eigenvalue weighted by Gasteiger charge is -2.25. The molecule has 0 fully saturated rings. The quantitative estimate of drug-likeness (QED) is 0.660. The molecule has 0 aromatic heterocycles. The first-order valence-corrected chi connectivity index (χ1v) is 9.82. The number of sulfonamides is 1. The predicted molar refractivity (Wildman–Crippen MR) is 104 cm³/mol. The molecule has 1 N–H and O–H groups in total. The molecule has 8 heteroatoms. The zero-order valence-corrected chi connectivity index (χ0v) is 16.5. The number of amides is 1. The van der Waals surface area contributed by atoms with Crippen LogP contribution in [0.1, 0.15) is 5.56 Å². The van der Waals surface area contributed by atoms with Gasteiger partial charge in [0.15, 0.2) is 0 Å². The van der Waals surface area contributed by atoms with Crippen LogP contribution in [-0.2, 0) is 19.6 Å². The summed E-state index contributed by atoms with van der Waals surface area (Å²) < 4.78 is 38.0. The van der Waals surface area contributed by atoms with Gasteiger partial charge in [0.2, 0.25) is 5.91 Å². The van der Waals surface area contributed by atoms with E-state index in [-0.39, 0.29) is 17.2 Å². The summed E-state index contributed by atoms with van der Waals surface area (Å²) in [5.74, 6) is -0.201. The van der Waals surface area contributed by atoms with E-state index in [2.05, 4.69) is 5.32 Å². The third kappa shape index (κ3) is 5.21. The summed E-state index contributed by atoms with van der Waals surface area (Å²) in [6.45, 7) is 2.08. The molecule has 0 heterocycles. The van der Waals surface area contributed by atoms with E-state index in [0.29, 0.717) is 18.8 Å². The number of carbonyl (C=O) groups is 1. The van der Waals surface area contributed by atoms with Crippen LogP contribution in [0.25, 0.3) is 0 Å². The van der Waals surface area contributed by atoms with Crippen LogP contribution < -0.4 is 14.4 Å². The van der Waals surface area contributed by atoms with Gasteiger partial charge in [0, 0.05) is 13.7 Å². The van der Waals surface area contributed by atoms with Gasteiger partial charge in [0.25, 0.3) is 10.0 Å². The summed E-state index contributed by atoms with van der Waals surface area (Å²) >= 11 is 0. The summed E-state index contributed by atoms with van der Waals surface area (Å²) in [5.41, 5.74) is 1.16. The van der Waals surface area contributed by atoms with Crippen LogP contribution in [0.3, 0.4) is 0 Å². The maximum absolute atomic E-state index is 13.4. The fourth-order valence-electron chi connectivity index (χ4n) is 2.49. The second-order valence-electron chi connectivity index (χ2n) is 5.84. The van der Waals surface area contributed by atoms with E-state index >= 15 is 0 Å². The Morgan fingerprint density at radius 3 is 2.44 bits per heavy atom. The number of carbonyl (C=O) groups excluding carboxylic acids is 1. The minimum atomic E-state index is -4.03. The zero-order chi connectivity index (χ0) is 19.9. The molecule has 2 aromatic rings. The predicted octanol–water partition coefficient (Wildman–Crippen LogP) is 1.96. The van der Waals surface area contributed by atoms with Gasteiger partial charge < -0.3 is 14.8 Å². The Labute approximate surface area is 160 Å². The topological polar surface area (TPSA) is 84.9 Å². The number of para-hydroxylation sites is 1. The minimum absolute atomic E-state index is 0.0125. The van der Waals surface area contributed by atoms with Gasteiger partial charge in [-0.15, -0.1) is 0 Å². The molecule has 7 nitrogen and oxygen atoms in total. The average molecular weight is 392 g/mol. The maximum Gasteiger partial charge on any atom is 0.268 e. The maximum atomic E-state index is 13.4. The highest BCUT2D eigenvalue weighted by Gasteiger charge is 2.30. The molecule has 0 aliphatic carbocycles. The summed E-state index contributed by atoms with van der Waals surface area (Å²) in [5, 5.41) is 2.65. The lowest BCUT2D eigenvalue weighted by atomic mass is 10.2. The number of hydrogen-bond acceptors (Lipinski definition) is 5. The summed E-state index contributed by atoms with van der Waals surface area (Å²) in [6, 6.07) is 13.4. The molecular weight excluding hydrogens is 368 g/mol. The molecule has 146 valence electrons. The first kappa shape index (κ1) is 20.7. The molecule has 0 saturated carbocycles. The molecule has 0 radical (unpaired) electrons. The van der Waals surface area contributed by atoms with Crippen LogP contribution in [0.15, 0.2) is 53.4 Å². The van der Waals surface area contributed by atoms with Gasteiger partial charge in [-0.1, -0.05) is 24.3 Å². The molecule has 0 saturated heterocycles. The number of ether oxygens (including phenoxy) is 2. The highest BCUT2D eigenvalue weighted by molar-refractivity contribution is 7.93. The first-order chi connectivity index (χ1) is 12.9. The number of methoxy groups -OCH3 is 2. The van der Waals surface area contributed by atoms with Crippen LogP contribution in [0.2, 0.25) is 0 Å². The van der Waals surface area contributed by atoms with E-state index in [1.54, 1.807) is 49.4 Å². The number of nitrogens with zero attached hydrogens (tertiary/aromatic N) is 1. The first-order valence-electron chi connectivity index (χ1n) is 8.38. The van der Waals surface area contributed by atoms with Crippen LogP contribution in [0.5, 0.6) is 5.75 Å². The zero-order valence-electron chi connectivity index (χ0n) is 15.6. The third-order valence-corrected chi connectivity index (χ3v) is 5.64. The molecule has 0 spiro atoms. The van der Waals surface area contributed by atoms with Crippen molar-refractivity contribution in [3.63, 3.8) is 0 Å². The van der Waals surface area contributed by atoms with Gasteiger partial charge in [-0.25, -0.2) is 8.42 Å². The molecule has 2 rings (SSSR count).